The second kappa shape index (κ2) is 7.30. The molecule has 1 N–H and O–H groups in total. The molecule has 0 aromatic carbocycles. The van der Waals surface area contributed by atoms with Crippen molar-refractivity contribution in [3.05, 3.63) is 71.3 Å². The summed E-state index contributed by atoms with van der Waals surface area (Å²) in [6.45, 7) is 3.92. The van der Waals surface area contributed by atoms with E-state index in [2.05, 4.69) is 15.3 Å². The van der Waals surface area contributed by atoms with Crippen LogP contribution in [0.4, 0.5) is 0 Å². The predicted molar refractivity (Wildman–Crippen MR) is 103 cm³/mol. The first-order valence-corrected chi connectivity index (χ1v) is 9.18. The molecule has 8 heteroatoms. The molecule has 0 bridgehead atoms. The Morgan fingerprint density at radius 1 is 1.14 bits per heavy atom. The van der Waals surface area contributed by atoms with Crippen LogP contribution < -0.4 is 5.32 Å². The van der Waals surface area contributed by atoms with E-state index in [0.717, 1.165) is 17.2 Å². The van der Waals surface area contributed by atoms with E-state index in [9.17, 15) is 9.59 Å². The molecule has 144 valence electrons. The first kappa shape index (κ1) is 18.0. The lowest BCUT2D eigenvalue weighted by Crippen LogP contribution is -2.38. The van der Waals surface area contributed by atoms with Crippen molar-refractivity contribution in [2.24, 2.45) is 7.05 Å². The van der Waals surface area contributed by atoms with Crippen LogP contribution in [0.25, 0.3) is 0 Å². The van der Waals surface area contributed by atoms with E-state index in [1.807, 2.05) is 49.1 Å². The van der Waals surface area contributed by atoms with Gasteiger partial charge in [-0.05, 0) is 31.2 Å². The second-order valence-electron chi connectivity index (χ2n) is 6.92. The Balaban J connectivity index is 1.41. The SMILES string of the molecule is Cc1cccc(C(=O)N2CCn3cc(CNC(=O)c4cccn4C)nc3C2)n1. The van der Waals surface area contributed by atoms with Gasteiger partial charge < -0.3 is 19.4 Å². The summed E-state index contributed by atoms with van der Waals surface area (Å²) < 4.78 is 3.81. The number of nitrogens with zero attached hydrogens (tertiary/aromatic N) is 5. The molecule has 0 aliphatic carbocycles. The fourth-order valence-corrected chi connectivity index (χ4v) is 3.35. The number of imidazole rings is 1. The van der Waals surface area contributed by atoms with Gasteiger partial charge in [0.15, 0.2) is 0 Å². The molecule has 0 spiro atoms. The zero-order valence-electron chi connectivity index (χ0n) is 15.9. The van der Waals surface area contributed by atoms with Crippen molar-refractivity contribution in [2.75, 3.05) is 6.54 Å². The normalized spacial score (nSPS) is 13.3. The van der Waals surface area contributed by atoms with Crippen LogP contribution in [-0.2, 0) is 26.7 Å². The first-order valence-electron chi connectivity index (χ1n) is 9.18. The van der Waals surface area contributed by atoms with E-state index in [4.69, 9.17) is 0 Å². The molecule has 8 nitrogen and oxygen atoms in total. The highest BCUT2D eigenvalue weighted by atomic mass is 16.2. The van der Waals surface area contributed by atoms with Crippen LogP contribution in [0, 0.1) is 6.92 Å². The number of aromatic nitrogens is 4. The minimum atomic E-state index is -0.138. The molecular weight excluding hydrogens is 356 g/mol. The lowest BCUT2D eigenvalue weighted by atomic mass is 10.2. The Hall–Kier alpha value is -3.42. The van der Waals surface area contributed by atoms with Crippen molar-refractivity contribution in [1.82, 2.24) is 29.3 Å². The molecular formula is C20H22N6O2. The van der Waals surface area contributed by atoms with E-state index in [0.29, 0.717) is 37.6 Å². The molecule has 0 radical (unpaired) electrons. The van der Waals surface area contributed by atoms with Crippen LogP contribution in [0.3, 0.4) is 0 Å². The number of pyridine rings is 1. The maximum Gasteiger partial charge on any atom is 0.272 e. The highest BCUT2D eigenvalue weighted by molar-refractivity contribution is 5.93. The number of rotatable bonds is 4. The van der Waals surface area contributed by atoms with Gasteiger partial charge in [-0.25, -0.2) is 9.97 Å². The summed E-state index contributed by atoms with van der Waals surface area (Å²) in [5.41, 5.74) is 2.66. The Bertz CT molecular complexity index is 1040. The summed E-state index contributed by atoms with van der Waals surface area (Å²) in [6.07, 6.45) is 3.77. The molecule has 28 heavy (non-hydrogen) atoms. The number of carbonyl (C=O) groups excluding carboxylic acids is 2. The Labute approximate surface area is 162 Å². The smallest absolute Gasteiger partial charge is 0.272 e. The summed E-state index contributed by atoms with van der Waals surface area (Å²) in [4.78, 5) is 35.6. The number of hydrogen-bond acceptors (Lipinski definition) is 4. The van der Waals surface area contributed by atoms with Crippen molar-refractivity contribution in [3.8, 4) is 0 Å². The average Bonchev–Trinajstić information content (AvgIpc) is 3.30. The van der Waals surface area contributed by atoms with Crippen LogP contribution in [0.5, 0.6) is 0 Å². The second-order valence-corrected chi connectivity index (χ2v) is 6.92. The number of carbonyl (C=O) groups is 2. The van der Waals surface area contributed by atoms with Crippen LogP contribution in [0.1, 0.15) is 38.2 Å². The highest BCUT2D eigenvalue weighted by Gasteiger charge is 2.24. The number of hydrogen-bond donors (Lipinski definition) is 1. The molecule has 2 amide bonds. The number of fused-ring (bicyclic) bond motifs is 1. The van der Waals surface area contributed by atoms with Gasteiger partial charge in [0.1, 0.15) is 17.2 Å². The van der Waals surface area contributed by atoms with Gasteiger partial charge in [0, 0.05) is 38.2 Å². The third kappa shape index (κ3) is 3.53. The third-order valence-corrected chi connectivity index (χ3v) is 4.85. The van der Waals surface area contributed by atoms with Crippen LogP contribution in [-0.4, -0.2) is 42.4 Å². The third-order valence-electron chi connectivity index (χ3n) is 4.85. The molecule has 1 aliphatic rings. The van der Waals surface area contributed by atoms with E-state index in [1.165, 1.54) is 0 Å². The number of nitrogens with one attached hydrogen (secondary N) is 1. The Kier molecular flexibility index (Phi) is 4.68. The quantitative estimate of drug-likeness (QED) is 0.746. The summed E-state index contributed by atoms with van der Waals surface area (Å²) >= 11 is 0. The van der Waals surface area contributed by atoms with Gasteiger partial charge in [0.2, 0.25) is 0 Å². The van der Waals surface area contributed by atoms with Crippen molar-refractivity contribution >= 4 is 11.8 Å². The lowest BCUT2D eigenvalue weighted by molar-refractivity contribution is 0.0701. The van der Waals surface area contributed by atoms with E-state index < -0.39 is 0 Å². The average molecular weight is 378 g/mol. The molecule has 3 aromatic heterocycles. The molecule has 4 rings (SSSR count). The maximum absolute atomic E-state index is 12.7. The fraction of sp³-hybridized carbons (Fsp3) is 0.300. The Morgan fingerprint density at radius 3 is 2.75 bits per heavy atom. The van der Waals surface area contributed by atoms with Crippen molar-refractivity contribution in [1.29, 1.82) is 0 Å². The minimum Gasteiger partial charge on any atom is -0.347 e. The molecule has 0 saturated carbocycles. The number of amides is 2. The summed E-state index contributed by atoms with van der Waals surface area (Å²) in [7, 11) is 1.83. The predicted octanol–water partition coefficient (Wildman–Crippen LogP) is 1.51. The van der Waals surface area contributed by atoms with E-state index in [-0.39, 0.29) is 11.8 Å². The van der Waals surface area contributed by atoms with Gasteiger partial charge >= 0.3 is 0 Å². The largest absolute Gasteiger partial charge is 0.347 e. The van der Waals surface area contributed by atoms with Crippen LogP contribution in [0.2, 0.25) is 0 Å². The van der Waals surface area contributed by atoms with E-state index >= 15 is 0 Å². The molecule has 3 aromatic rings. The zero-order chi connectivity index (χ0) is 19.7. The van der Waals surface area contributed by atoms with Crippen molar-refractivity contribution < 1.29 is 9.59 Å². The molecule has 0 fully saturated rings. The standard InChI is InChI=1S/C20H22N6O2/c1-14-5-3-6-16(22-14)20(28)26-10-9-25-12-15(23-18(25)13-26)11-21-19(27)17-7-4-8-24(17)2/h3-8,12H,9-11,13H2,1-2H3,(H,21,27). The van der Waals surface area contributed by atoms with Crippen LogP contribution >= 0.6 is 0 Å². The van der Waals surface area contributed by atoms with Gasteiger partial charge in [-0.15, -0.1) is 0 Å². The molecule has 1 aliphatic heterocycles. The summed E-state index contributed by atoms with van der Waals surface area (Å²) in [5.74, 6) is 0.590. The van der Waals surface area contributed by atoms with E-state index in [1.54, 1.807) is 21.6 Å². The lowest BCUT2D eigenvalue weighted by Gasteiger charge is -2.27. The minimum absolute atomic E-state index is 0.0866. The summed E-state index contributed by atoms with van der Waals surface area (Å²) in [5, 5.41) is 2.89. The topological polar surface area (TPSA) is 85.0 Å². The highest BCUT2D eigenvalue weighted by Crippen LogP contribution is 2.15. The van der Waals surface area contributed by atoms with Gasteiger partial charge in [-0.3, -0.25) is 9.59 Å². The van der Waals surface area contributed by atoms with Crippen molar-refractivity contribution in [3.63, 3.8) is 0 Å². The molecule has 0 saturated heterocycles. The Morgan fingerprint density at radius 2 is 2.00 bits per heavy atom. The van der Waals surface area contributed by atoms with Crippen molar-refractivity contribution in [2.45, 2.75) is 26.6 Å². The number of aryl methyl sites for hydroxylation is 2. The zero-order valence-corrected chi connectivity index (χ0v) is 15.9. The molecule has 0 unspecified atom stereocenters. The molecule has 0 atom stereocenters. The van der Waals surface area contributed by atoms with Crippen LogP contribution in [0.15, 0.2) is 42.7 Å². The van der Waals surface area contributed by atoms with Gasteiger partial charge in [0.25, 0.3) is 11.8 Å². The fourth-order valence-electron chi connectivity index (χ4n) is 3.35. The van der Waals surface area contributed by atoms with Gasteiger partial charge in [-0.1, -0.05) is 6.07 Å². The molecule has 4 heterocycles. The maximum atomic E-state index is 12.7. The summed E-state index contributed by atoms with van der Waals surface area (Å²) in [6, 6.07) is 9.06. The van der Waals surface area contributed by atoms with Gasteiger partial charge in [0.05, 0.1) is 18.8 Å². The monoisotopic (exact) mass is 378 g/mol. The first-order chi connectivity index (χ1) is 13.5. The van der Waals surface area contributed by atoms with Gasteiger partial charge in [-0.2, -0.15) is 0 Å².